The van der Waals surface area contributed by atoms with Gasteiger partial charge in [-0.1, -0.05) is 30.3 Å². The number of benzene rings is 1. The minimum absolute atomic E-state index is 0.505. The summed E-state index contributed by atoms with van der Waals surface area (Å²) in [5.74, 6) is 1.97. The highest BCUT2D eigenvalue weighted by molar-refractivity contribution is 5.55. The number of aryl methyl sites for hydroxylation is 1. The molecule has 4 heteroatoms. The van der Waals surface area contributed by atoms with Crippen molar-refractivity contribution in [2.45, 2.75) is 13.0 Å². The first kappa shape index (κ1) is 9.54. The Morgan fingerprint density at radius 1 is 1.19 bits per heavy atom. The number of nitrogens with one attached hydrogen (secondary N) is 1. The van der Waals surface area contributed by atoms with E-state index in [1.165, 1.54) is 0 Å². The second kappa shape index (κ2) is 3.72. The number of rotatable bonds is 2. The maximum Gasteiger partial charge on any atom is 0.164 e. The summed E-state index contributed by atoms with van der Waals surface area (Å²) in [6, 6.07) is 10.7. The minimum atomic E-state index is 0.505. The fraction of sp³-hybridized carbons (Fsp3) is 0.333. The molecule has 0 spiro atoms. The van der Waals surface area contributed by atoms with Gasteiger partial charge in [-0.2, -0.15) is 0 Å². The molecule has 0 saturated carbocycles. The molecule has 1 aromatic carbocycles. The van der Waals surface area contributed by atoms with Crippen molar-refractivity contribution in [1.29, 1.82) is 0 Å². The first-order chi connectivity index (χ1) is 7.86. The fourth-order valence-electron chi connectivity index (χ4n) is 2.05. The first-order valence-electron chi connectivity index (χ1n) is 5.54. The second-order valence-electron chi connectivity index (χ2n) is 4.12. The molecule has 0 bridgehead atoms. The molecule has 1 aromatic heterocycles. The molecule has 1 saturated heterocycles. The van der Waals surface area contributed by atoms with Crippen LogP contribution in [0.1, 0.15) is 11.9 Å². The zero-order valence-corrected chi connectivity index (χ0v) is 9.22. The standard InChI is InChI=1S/C12H14N4/c1-9-14-15-12(10-5-3-2-4-6-10)16(9)11-7-13-8-11/h2-6,11,13H,7-8H2,1H3. The van der Waals surface area contributed by atoms with Crippen LogP contribution in [0.15, 0.2) is 30.3 Å². The van der Waals surface area contributed by atoms with E-state index in [0.29, 0.717) is 6.04 Å². The Morgan fingerprint density at radius 3 is 2.56 bits per heavy atom. The average molecular weight is 214 g/mol. The van der Waals surface area contributed by atoms with Crippen molar-refractivity contribution in [3.05, 3.63) is 36.2 Å². The van der Waals surface area contributed by atoms with Crippen LogP contribution in [-0.4, -0.2) is 27.9 Å². The van der Waals surface area contributed by atoms with Crippen LogP contribution >= 0.6 is 0 Å². The van der Waals surface area contributed by atoms with Crippen molar-refractivity contribution in [3.63, 3.8) is 0 Å². The molecular weight excluding hydrogens is 200 g/mol. The Balaban J connectivity index is 2.07. The van der Waals surface area contributed by atoms with Gasteiger partial charge in [0, 0.05) is 18.7 Å². The normalized spacial score (nSPS) is 16.1. The Hall–Kier alpha value is -1.68. The maximum absolute atomic E-state index is 4.27. The Kier molecular flexibility index (Phi) is 2.22. The van der Waals surface area contributed by atoms with Crippen molar-refractivity contribution in [3.8, 4) is 11.4 Å². The largest absolute Gasteiger partial charge is 0.313 e. The number of hydrogen-bond acceptors (Lipinski definition) is 3. The average Bonchev–Trinajstić information content (AvgIpc) is 2.60. The predicted molar refractivity (Wildman–Crippen MR) is 62.1 cm³/mol. The van der Waals surface area contributed by atoms with E-state index in [1.807, 2.05) is 25.1 Å². The summed E-state index contributed by atoms with van der Waals surface area (Å²) in [4.78, 5) is 0. The lowest BCUT2D eigenvalue weighted by molar-refractivity contribution is 0.340. The van der Waals surface area contributed by atoms with E-state index in [-0.39, 0.29) is 0 Å². The van der Waals surface area contributed by atoms with Gasteiger partial charge in [0.2, 0.25) is 0 Å². The van der Waals surface area contributed by atoms with Crippen LogP contribution in [0, 0.1) is 6.92 Å². The van der Waals surface area contributed by atoms with Crippen LogP contribution < -0.4 is 5.32 Å². The lowest BCUT2D eigenvalue weighted by atomic mass is 10.1. The summed E-state index contributed by atoms with van der Waals surface area (Å²) >= 11 is 0. The third-order valence-electron chi connectivity index (χ3n) is 3.02. The zero-order chi connectivity index (χ0) is 11.0. The van der Waals surface area contributed by atoms with Crippen LogP contribution in [-0.2, 0) is 0 Å². The van der Waals surface area contributed by atoms with Crippen LogP contribution in [0.2, 0.25) is 0 Å². The van der Waals surface area contributed by atoms with E-state index in [2.05, 4.69) is 32.2 Å². The van der Waals surface area contributed by atoms with Gasteiger partial charge in [-0.3, -0.25) is 0 Å². The topological polar surface area (TPSA) is 42.7 Å². The van der Waals surface area contributed by atoms with E-state index in [1.54, 1.807) is 0 Å². The SMILES string of the molecule is Cc1nnc(-c2ccccc2)n1C1CNC1. The van der Waals surface area contributed by atoms with E-state index < -0.39 is 0 Å². The molecular formula is C12H14N4. The van der Waals surface area contributed by atoms with Crippen molar-refractivity contribution < 1.29 is 0 Å². The lowest BCUT2D eigenvalue weighted by Gasteiger charge is -2.30. The summed E-state index contributed by atoms with van der Waals surface area (Å²) in [5, 5.41) is 11.7. The van der Waals surface area contributed by atoms with Crippen molar-refractivity contribution >= 4 is 0 Å². The summed E-state index contributed by atoms with van der Waals surface area (Å²) in [7, 11) is 0. The van der Waals surface area contributed by atoms with Crippen LogP contribution in [0.4, 0.5) is 0 Å². The highest BCUT2D eigenvalue weighted by atomic mass is 15.3. The molecule has 1 fully saturated rings. The number of hydrogen-bond donors (Lipinski definition) is 1. The molecule has 16 heavy (non-hydrogen) atoms. The first-order valence-corrected chi connectivity index (χ1v) is 5.54. The molecule has 1 aliphatic heterocycles. The summed E-state index contributed by atoms with van der Waals surface area (Å²) in [6.07, 6.45) is 0. The molecule has 0 unspecified atom stereocenters. The van der Waals surface area contributed by atoms with Crippen LogP contribution in [0.5, 0.6) is 0 Å². The van der Waals surface area contributed by atoms with Gasteiger partial charge in [0.25, 0.3) is 0 Å². The second-order valence-corrected chi connectivity index (χ2v) is 4.12. The Labute approximate surface area is 94.3 Å². The molecule has 2 aromatic rings. The summed E-state index contributed by atoms with van der Waals surface area (Å²) < 4.78 is 2.23. The number of aromatic nitrogens is 3. The smallest absolute Gasteiger partial charge is 0.164 e. The monoisotopic (exact) mass is 214 g/mol. The van der Waals surface area contributed by atoms with Gasteiger partial charge >= 0.3 is 0 Å². The summed E-state index contributed by atoms with van der Waals surface area (Å²) in [6.45, 7) is 4.04. The van der Waals surface area contributed by atoms with Crippen LogP contribution in [0.3, 0.4) is 0 Å². The summed E-state index contributed by atoms with van der Waals surface area (Å²) in [5.41, 5.74) is 1.13. The highest BCUT2D eigenvalue weighted by Gasteiger charge is 2.24. The minimum Gasteiger partial charge on any atom is -0.313 e. The quantitative estimate of drug-likeness (QED) is 0.821. The zero-order valence-electron chi connectivity index (χ0n) is 9.22. The van der Waals surface area contributed by atoms with Crippen molar-refractivity contribution in [2.24, 2.45) is 0 Å². The van der Waals surface area contributed by atoms with Gasteiger partial charge in [0.1, 0.15) is 5.82 Å². The molecule has 0 aliphatic carbocycles. The van der Waals surface area contributed by atoms with E-state index in [0.717, 1.165) is 30.3 Å². The Morgan fingerprint density at radius 2 is 1.94 bits per heavy atom. The van der Waals surface area contributed by atoms with Gasteiger partial charge in [-0.15, -0.1) is 10.2 Å². The lowest BCUT2D eigenvalue weighted by Crippen LogP contribution is -2.44. The third-order valence-corrected chi connectivity index (χ3v) is 3.02. The predicted octanol–water partition coefficient (Wildman–Crippen LogP) is 1.40. The molecule has 4 nitrogen and oxygen atoms in total. The molecule has 1 N–H and O–H groups in total. The van der Waals surface area contributed by atoms with Gasteiger partial charge < -0.3 is 9.88 Å². The number of nitrogens with zero attached hydrogens (tertiary/aromatic N) is 3. The van der Waals surface area contributed by atoms with Crippen LogP contribution in [0.25, 0.3) is 11.4 Å². The molecule has 0 radical (unpaired) electrons. The van der Waals surface area contributed by atoms with Crippen molar-refractivity contribution in [1.82, 2.24) is 20.1 Å². The molecule has 2 heterocycles. The molecule has 1 aliphatic rings. The molecule has 82 valence electrons. The van der Waals surface area contributed by atoms with Gasteiger partial charge in [-0.05, 0) is 6.92 Å². The highest BCUT2D eigenvalue weighted by Crippen LogP contribution is 2.23. The van der Waals surface area contributed by atoms with E-state index in [9.17, 15) is 0 Å². The van der Waals surface area contributed by atoms with Gasteiger partial charge in [0.05, 0.1) is 6.04 Å². The van der Waals surface area contributed by atoms with Gasteiger partial charge in [0.15, 0.2) is 5.82 Å². The molecule has 3 rings (SSSR count). The van der Waals surface area contributed by atoms with E-state index >= 15 is 0 Å². The Bertz CT molecular complexity index is 485. The van der Waals surface area contributed by atoms with Gasteiger partial charge in [-0.25, -0.2) is 0 Å². The molecule has 0 atom stereocenters. The van der Waals surface area contributed by atoms with E-state index in [4.69, 9.17) is 0 Å². The maximum atomic E-state index is 4.27. The molecule has 0 amide bonds. The van der Waals surface area contributed by atoms with Crippen molar-refractivity contribution in [2.75, 3.05) is 13.1 Å². The fourth-order valence-corrected chi connectivity index (χ4v) is 2.05. The third kappa shape index (κ3) is 1.42.